The second-order valence-electron chi connectivity index (χ2n) is 8.75. The van der Waals surface area contributed by atoms with Gasteiger partial charge in [0.05, 0.1) is 17.3 Å². The highest BCUT2D eigenvalue weighted by Gasteiger charge is 2.39. The molecule has 0 atom stereocenters. The van der Waals surface area contributed by atoms with Gasteiger partial charge in [-0.15, -0.1) is 11.3 Å². The van der Waals surface area contributed by atoms with Crippen molar-refractivity contribution in [2.45, 2.75) is 45.2 Å². The minimum absolute atomic E-state index is 0.132. The third-order valence-corrected chi connectivity index (χ3v) is 8.28. The molecule has 0 aliphatic carbocycles. The summed E-state index contributed by atoms with van der Waals surface area (Å²) in [5.74, 6) is 0.984. The van der Waals surface area contributed by atoms with Crippen molar-refractivity contribution in [3.63, 3.8) is 0 Å². The van der Waals surface area contributed by atoms with Gasteiger partial charge in [-0.1, -0.05) is 6.07 Å². The van der Waals surface area contributed by atoms with Gasteiger partial charge in [0.2, 0.25) is 0 Å². The predicted molar refractivity (Wildman–Crippen MR) is 126 cm³/mol. The van der Waals surface area contributed by atoms with Crippen LogP contribution in [0.1, 0.15) is 41.9 Å². The summed E-state index contributed by atoms with van der Waals surface area (Å²) in [5, 5.41) is 2.12. The van der Waals surface area contributed by atoms with E-state index in [9.17, 15) is 4.79 Å². The first-order valence-electron chi connectivity index (χ1n) is 10.3. The van der Waals surface area contributed by atoms with Crippen molar-refractivity contribution in [2.75, 3.05) is 14.2 Å². The normalized spacial score (nSPS) is 17.2. The summed E-state index contributed by atoms with van der Waals surface area (Å²) in [6, 6.07) is 8.57. The number of hydrogen-bond acceptors (Lipinski definition) is 3. The monoisotopic (exact) mass is 484 g/mol. The number of hydrogen-bond donors (Lipinski definition) is 0. The van der Waals surface area contributed by atoms with Crippen LogP contribution in [0.3, 0.4) is 0 Å². The minimum Gasteiger partial charge on any atom is -0.496 e. The fourth-order valence-electron chi connectivity index (χ4n) is 4.79. The van der Waals surface area contributed by atoms with Gasteiger partial charge >= 0.3 is 0 Å². The number of rotatable bonds is 2. The van der Waals surface area contributed by atoms with Crippen molar-refractivity contribution in [2.24, 2.45) is 0 Å². The van der Waals surface area contributed by atoms with Crippen LogP contribution in [0, 0.1) is 0 Å². The lowest BCUT2D eigenvalue weighted by atomic mass is 9.91. The summed E-state index contributed by atoms with van der Waals surface area (Å²) in [5.41, 5.74) is 6.79. The number of halogens is 1. The number of fused-ring (bicyclic) bond motifs is 5. The molecule has 156 valence electrons. The van der Waals surface area contributed by atoms with Crippen LogP contribution in [-0.2, 0) is 19.4 Å². The lowest BCUT2D eigenvalue weighted by Crippen LogP contribution is -2.44. The van der Waals surface area contributed by atoms with Crippen molar-refractivity contribution >= 4 is 33.2 Å². The van der Waals surface area contributed by atoms with Crippen molar-refractivity contribution in [1.82, 2.24) is 9.47 Å². The van der Waals surface area contributed by atoms with Crippen molar-refractivity contribution in [1.29, 1.82) is 0 Å². The molecule has 4 heterocycles. The molecule has 0 unspecified atom stereocenters. The first-order valence-corrected chi connectivity index (χ1v) is 11.9. The molecule has 1 amide bonds. The maximum Gasteiger partial charge on any atom is 0.270 e. The highest BCUT2D eigenvalue weighted by atomic mass is 79.9. The predicted octanol–water partition coefficient (Wildman–Crippen LogP) is 6.01. The van der Waals surface area contributed by atoms with Gasteiger partial charge in [-0.25, -0.2) is 0 Å². The van der Waals surface area contributed by atoms with Gasteiger partial charge in [-0.05, 0) is 83.7 Å². The molecule has 30 heavy (non-hydrogen) atoms. The Hall–Kier alpha value is -2.05. The van der Waals surface area contributed by atoms with E-state index in [1.807, 2.05) is 11.9 Å². The first kappa shape index (κ1) is 19.9. The van der Waals surface area contributed by atoms with Crippen LogP contribution >= 0.6 is 27.3 Å². The third-order valence-electron chi connectivity index (χ3n) is 6.77. The van der Waals surface area contributed by atoms with Crippen molar-refractivity contribution in [3.8, 4) is 27.4 Å². The molecule has 2 aromatic heterocycles. The zero-order valence-corrected chi connectivity index (χ0v) is 20.1. The van der Waals surface area contributed by atoms with Gasteiger partial charge in [0.15, 0.2) is 0 Å². The quantitative estimate of drug-likeness (QED) is 0.446. The highest BCUT2D eigenvalue weighted by Crippen LogP contribution is 2.48. The summed E-state index contributed by atoms with van der Waals surface area (Å²) < 4.78 is 8.76. The van der Waals surface area contributed by atoms with E-state index in [4.69, 9.17) is 4.74 Å². The molecule has 2 aliphatic heterocycles. The third kappa shape index (κ3) is 2.80. The summed E-state index contributed by atoms with van der Waals surface area (Å²) in [4.78, 5) is 16.8. The van der Waals surface area contributed by atoms with Crippen LogP contribution in [0.15, 0.2) is 34.1 Å². The number of nitrogens with zero attached hydrogens (tertiary/aromatic N) is 2. The van der Waals surface area contributed by atoms with E-state index in [0.29, 0.717) is 0 Å². The fourth-order valence-corrected chi connectivity index (χ4v) is 6.10. The van der Waals surface area contributed by atoms with Crippen LogP contribution in [0.5, 0.6) is 5.75 Å². The van der Waals surface area contributed by atoms with Crippen LogP contribution in [-0.4, -0.2) is 35.1 Å². The van der Waals surface area contributed by atoms with E-state index >= 15 is 0 Å². The zero-order valence-electron chi connectivity index (χ0n) is 17.7. The second kappa shape index (κ2) is 6.99. The Morgan fingerprint density at radius 1 is 1.20 bits per heavy atom. The molecule has 0 fully saturated rings. The van der Waals surface area contributed by atoms with Gasteiger partial charge in [0, 0.05) is 35.1 Å². The molecule has 0 radical (unpaired) electrons. The number of amides is 1. The summed E-state index contributed by atoms with van der Waals surface area (Å²) in [7, 11) is 3.65. The maximum atomic E-state index is 13.7. The maximum absolute atomic E-state index is 13.7. The molecular formula is C24H25BrN2O2S. The molecule has 2 aliphatic rings. The largest absolute Gasteiger partial charge is 0.496 e. The topological polar surface area (TPSA) is 34.5 Å². The number of aryl methyl sites for hydroxylation is 1. The van der Waals surface area contributed by atoms with Gasteiger partial charge in [-0.2, -0.15) is 0 Å². The lowest BCUT2D eigenvalue weighted by Gasteiger charge is -2.34. The molecule has 5 rings (SSSR count). The average molecular weight is 485 g/mol. The van der Waals surface area contributed by atoms with Crippen LogP contribution in [0.2, 0.25) is 0 Å². The van der Waals surface area contributed by atoms with Crippen LogP contribution in [0.4, 0.5) is 0 Å². The molecule has 4 nitrogen and oxygen atoms in total. The molecule has 1 aromatic carbocycles. The second-order valence-corrected chi connectivity index (χ2v) is 10.6. The molecule has 0 saturated carbocycles. The number of carbonyl (C=O) groups excluding carboxylic acids is 1. The van der Waals surface area contributed by atoms with E-state index < -0.39 is 0 Å². The molecule has 3 aromatic rings. The highest BCUT2D eigenvalue weighted by molar-refractivity contribution is 9.10. The van der Waals surface area contributed by atoms with E-state index in [1.54, 1.807) is 18.4 Å². The SMILES string of the molecule is COc1cc2c(cc1Br)-c1c(-c3cccs3)c3c(n1CC2)C(=O)N(C)C(C)(C)CC3. The Kier molecular flexibility index (Phi) is 4.63. The Morgan fingerprint density at radius 2 is 2.00 bits per heavy atom. The summed E-state index contributed by atoms with van der Waals surface area (Å²) >= 11 is 5.42. The molecule has 0 saturated heterocycles. The Balaban J connectivity index is 1.83. The average Bonchev–Trinajstić information content (AvgIpc) is 3.34. The van der Waals surface area contributed by atoms with Gasteiger partial charge < -0.3 is 14.2 Å². The number of carbonyl (C=O) groups is 1. The van der Waals surface area contributed by atoms with Gasteiger partial charge in [-0.3, -0.25) is 4.79 Å². The summed E-state index contributed by atoms with van der Waals surface area (Å²) in [6.07, 6.45) is 2.74. The molecule has 0 N–H and O–H groups in total. The standard InChI is InChI=1S/C24H25BrN2O2S/c1-24(2)9-7-15-20(19-6-5-11-30-19)21-16-13-17(25)18(29-4)12-14(16)8-10-27(21)22(15)23(28)26(24)3/h5-6,11-13H,7-10H2,1-4H3. The Morgan fingerprint density at radius 3 is 2.70 bits per heavy atom. The number of methoxy groups -OCH3 is 1. The van der Waals surface area contributed by atoms with E-state index in [-0.39, 0.29) is 11.4 Å². The van der Waals surface area contributed by atoms with E-state index in [0.717, 1.165) is 41.7 Å². The minimum atomic E-state index is -0.160. The Labute approximate surface area is 189 Å². The van der Waals surface area contributed by atoms with E-state index in [2.05, 4.69) is 64.0 Å². The zero-order chi connectivity index (χ0) is 21.2. The number of benzene rings is 1. The molecule has 0 bridgehead atoms. The number of aromatic nitrogens is 1. The van der Waals surface area contributed by atoms with E-state index in [1.165, 1.54) is 32.8 Å². The number of ether oxygens (including phenoxy) is 1. The van der Waals surface area contributed by atoms with Crippen LogP contribution < -0.4 is 4.74 Å². The molecular weight excluding hydrogens is 460 g/mol. The van der Waals surface area contributed by atoms with Gasteiger partial charge in [0.1, 0.15) is 11.4 Å². The van der Waals surface area contributed by atoms with Crippen molar-refractivity contribution in [3.05, 3.63) is 50.9 Å². The molecule has 0 spiro atoms. The smallest absolute Gasteiger partial charge is 0.270 e. The number of thiophene rings is 1. The molecule has 6 heteroatoms. The van der Waals surface area contributed by atoms with Crippen molar-refractivity contribution < 1.29 is 9.53 Å². The van der Waals surface area contributed by atoms with Gasteiger partial charge in [0.25, 0.3) is 5.91 Å². The first-order chi connectivity index (χ1) is 14.3. The van der Waals surface area contributed by atoms with Crippen LogP contribution in [0.25, 0.3) is 21.7 Å². The lowest BCUT2D eigenvalue weighted by molar-refractivity contribution is 0.0618. The Bertz CT molecular complexity index is 1160. The summed E-state index contributed by atoms with van der Waals surface area (Å²) in [6.45, 7) is 5.13. The fraction of sp³-hybridized carbons (Fsp3) is 0.375.